The second-order valence-electron chi connectivity index (χ2n) is 6.24. The van der Waals surface area contributed by atoms with E-state index in [0.29, 0.717) is 16.5 Å². The van der Waals surface area contributed by atoms with Gasteiger partial charge in [-0.3, -0.25) is 4.79 Å². The topological polar surface area (TPSA) is 68.5 Å². The number of nitrogens with zero attached hydrogens (tertiary/aromatic N) is 3. The van der Waals surface area contributed by atoms with Crippen LogP contribution in [0.15, 0.2) is 67.1 Å². The van der Waals surface area contributed by atoms with Gasteiger partial charge >= 0.3 is 0 Å². The summed E-state index contributed by atoms with van der Waals surface area (Å²) in [5, 5.41) is 7.51. The normalized spacial score (nSPS) is 10.8. The third-order valence-corrected chi connectivity index (χ3v) is 4.61. The summed E-state index contributed by atoms with van der Waals surface area (Å²) < 4.78 is 6.97. The molecule has 0 saturated carbocycles. The molecule has 0 unspecified atom stereocenters. The summed E-state index contributed by atoms with van der Waals surface area (Å²) in [7, 11) is 1.54. The number of ether oxygens (including phenoxy) is 1. The zero-order valence-corrected chi connectivity index (χ0v) is 15.8. The molecule has 0 aliphatic heterocycles. The molecule has 0 aliphatic carbocycles. The van der Waals surface area contributed by atoms with Crippen LogP contribution in [0.5, 0.6) is 5.75 Å². The number of rotatable bonds is 5. The number of methoxy groups -OCH3 is 1. The first-order chi connectivity index (χ1) is 13.6. The smallest absolute Gasteiger partial charge is 0.228 e. The van der Waals surface area contributed by atoms with E-state index in [1.165, 1.54) is 13.4 Å². The molecule has 0 bridgehead atoms. The Labute approximate surface area is 166 Å². The van der Waals surface area contributed by atoms with Gasteiger partial charge in [0.1, 0.15) is 12.1 Å². The van der Waals surface area contributed by atoms with Gasteiger partial charge in [-0.2, -0.15) is 5.10 Å². The predicted octanol–water partition coefficient (Wildman–Crippen LogP) is 4.24. The van der Waals surface area contributed by atoms with Crippen molar-refractivity contribution in [3.05, 3.63) is 77.7 Å². The number of carbonyl (C=O) groups is 1. The highest BCUT2D eigenvalue weighted by Gasteiger charge is 2.09. The monoisotopic (exact) mass is 392 g/mol. The number of aromatic nitrogens is 3. The Balaban J connectivity index is 1.46. The van der Waals surface area contributed by atoms with E-state index in [9.17, 15) is 4.79 Å². The Morgan fingerprint density at radius 3 is 2.71 bits per heavy atom. The first-order valence-corrected chi connectivity index (χ1v) is 9.02. The van der Waals surface area contributed by atoms with Crippen LogP contribution in [0.25, 0.3) is 16.8 Å². The molecule has 2 aromatic heterocycles. The van der Waals surface area contributed by atoms with Gasteiger partial charge in [0.2, 0.25) is 5.91 Å². The third kappa shape index (κ3) is 3.82. The highest BCUT2D eigenvalue weighted by atomic mass is 35.5. The molecule has 28 heavy (non-hydrogen) atoms. The molecule has 2 aromatic carbocycles. The van der Waals surface area contributed by atoms with Crippen molar-refractivity contribution >= 4 is 28.8 Å². The predicted molar refractivity (Wildman–Crippen MR) is 109 cm³/mol. The second kappa shape index (κ2) is 7.70. The molecule has 0 spiro atoms. The Morgan fingerprint density at radius 1 is 1.11 bits per heavy atom. The number of amides is 1. The number of fused-ring (bicyclic) bond motifs is 1. The lowest BCUT2D eigenvalue weighted by Crippen LogP contribution is -2.15. The number of pyridine rings is 1. The summed E-state index contributed by atoms with van der Waals surface area (Å²) in [6, 6.07) is 16.9. The van der Waals surface area contributed by atoms with Crippen LogP contribution in [0.2, 0.25) is 5.02 Å². The van der Waals surface area contributed by atoms with Crippen molar-refractivity contribution < 1.29 is 9.53 Å². The summed E-state index contributed by atoms with van der Waals surface area (Å²) in [6.07, 6.45) is 3.66. The Kier molecular flexibility index (Phi) is 4.95. The van der Waals surface area contributed by atoms with Crippen molar-refractivity contribution in [2.24, 2.45) is 0 Å². The number of hydrogen-bond donors (Lipinski definition) is 1. The van der Waals surface area contributed by atoms with Crippen molar-refractivity contribution in [1.82, 2.24) is 14.6 Å². The molecule has 1 amide bonds. The van der Waals surface area contributed by atoms with E-state index in [-0.39, 0.29) is 12.3 Å². The molecule has 140 valence electrons. The standard InChI is InChI=1S/C21H17ClN4O2/c1-28-19-12-17(22)6-7-18(19)25-21(27)10-14-2-4-15(5-3-14)16-8-9-26-20(11-16)23-13-24-26/h2-9,11-13H,10H2,1H3,(H,25,27). The molecule has 1 N–H and O–H groups in total. The quantitative estimate of drug-likeness (QED) is 0.551. The van der Waals surface area contributed by atoms with Crippen LogP contribution in [0.4, 0.5) is 5.69 Å². The molecule has 0 radical (unpaired) electrons. The summed E-state index contributed by atoms with van der Waals surface area (Å²) >= 11 is 5.95. The second-order valence-corrected chi connectivity index (χ2v) is 6.68. The molecule has 0 saturated heterocycles. The minimum Gasteiger partial charge on any atom is -0.495 e. The van der Waals surface area contributed by atoms with E-state index in [0.717, 1.165) is 22.3 Å². The maximum atomic E-state index is 12.4. The van der Waals surface area contributed by atoms with Crippen LogP contribution in [-0.4, -0.2) is 27.6 Å². The van der Waals surface area contributed by atoms with E-state index < -0.39 is 0 Å². The summed E-state index contributed by atoms with van der Waals surface area (Å²) in [4.78, 5) is 16.6. The molecule has 4 aromatic rings. The summed E-state index contributed by atoms with van der Waals surface area (Å²) in [5.41, 5.74) is 4.39. The van der Waals surface area contributed by atoms with Crippen molar-refractivity contribution in [1.29, 1.82) is 0 Å². The van der Waals surface area contributed by atoms with Gasteiger partial charge in [0.25, 0.3) is 0 Å². The first kappa shape index (κ1) is 18.0. The van der Waals surface area contributed by atoms with Gasteiger partial charge in [-0.25, -0.2) is 9.50 Å². The maximum Gasteiger partial charge on any atom is 0.228 e. The molecule has 2 heterocycles. The van der Waals surface area contributed by atoms with E-state index in [1.54, 1.807) is 22.7 Å². The first-order valence-electron chi connectivity index (χ1n) is 8.64. The minimum absolute atomic E-state index is 0.127. The van der Waals surface area contributed by atoms with E-state index in [4.69, 9.17) is 16.3 Å². The zero-order chi connectivity index (χ0) is 19.5. The van der Waals surface area contributed by atoms with Gasteiger partial charge in [0.15, 0.2) is 5.65 Å². The molecule has 0 atom stereocenters. The molecule has 7 heteroatoms. The summed E-state index contributed by atoms with van der Waals surface area (Å²) in [5.74, 6) is 0.401. The van der Waals surface area contributed by atoms with Crippen molar-refractivity contribution in [3.63, 3.8) is 0 Å². The minimum atomic E-state index is -0.127. The van der Waals surface area contributed by atoms with Crippen LogP contribution in [-0.2, 0) is 11.2 Å². The number of nitrogens with one attached hydrogen (secondary N) is 1. The fourth-order valence-electron chi connectivity index (χ4n) is 2.96. The van der Waals surface area contributed by atoms with Crippen LogP contribution in [0.3, 0.4) is 0 Å². The van der Waals surface area contributed by atoms with Crippen molar-refractivity contribution in [2.45, 2.75) is 6.42 Å². The number of hydrogen-bond acceptors (Lipinski definition) is 4. The van der Waals surface area contributed by atoms with Crippen LogP contribution >= 0.6 is 11.6 Å². The average molecular weight is 393 g/mol. The van der Waals surface area contributed by atoms with Gasteiger partial charge in [0.05, 0.1) is 19.2 Å². The van der Waals surface area contributed by atoms with Crippen LogP contribution < -0.4 is 10.1 Å². The van der Waals surface area contributed by atoms with Gasteiger partial charge in [-0.1, -0.05) is 35.9 Å². The fourth-order valence-corrected chi connectivity index (χ4v) is 3.12. The van der Waals surface area contributed by atoms with Crippen molar-refractivity contribution in [3.8, 4) is 16.9 Å². The number of halogens is 1. The Morgan fingerprint density at radius 2 is 1.93 bits per heavy atom. The van der Waals surface area contributed by atoms with Gasteiger partial charge < -0.3 is 10.1 Å². The number of anilines is 1. The number of carbonyl (C=O) groups excluding carboxylic acids is 1. The molecular formula is C21H17ClN4O2. The lowest BCUT2D eigenvalue weighted by Gasteiger charge is -2.11. The lowest BCUT2D eigenvalue weighted by atomic mass is 10.0. The molecule has 0 aliphatic rings. The Hall–Kier alpha value is -3.38. The molecule has 0 fully saturated rings. The van der Waals surface area contributed by atoms with Crippen LogP contribution in [0, 0.1) is 0 Å². The van der Waals surface area contributed by atoms with E-state index in [2.05, 4.69) is 15.4 Å². The average Bonchev–Trinajstić information content (AvgIpc) is 3.17. The van der Waals surface area contributed by atoms with E-state index in [1.807, 2.05) is 42.6 Å². The summed E-state index contributed by atoms with van der Waals surface area (Å²) in [6.45, 7) is 0. The highest BCUT2D eigenvalue weighted by molar-refractivity contribution is 6.30. The van der Waals surface area contributed by atoms with Gasteiger partial charge in [-0.15, -0.1) is 0 Å². The highest BCUT2D eigenvalue weighted by Crippen LogP contribution is 2.28. The Bertz CT molecular complexity index is 1140. The van der Waals surface area contributed by atoms with Gasteiger partial charge in [-0.05, 0) is 41.0 Å². The number of benzene rings is 2. The zero-order valence-electron chi connectivity index (χ0n) is 15.1. The molecular weight excluding hydrogens is 376 g/mol. The van der Waals surface area contributed by atoms with Gasteiger partial charge in [0, 0.05) is 17.3 Å². The lowest BCUT2D eigenvalue weighted by molar-refractivity contribution is -0.115. The fraction of sp³-hybridized carbons (Fsp3) is 0.0952. The van der Waals surface area contributed by atoms with E-state index >= 15 is 0 Å². The van der Waals surface area contributed by atoms with Crippen LogP contribution in [0.1, 0.15) is 5.56 Å². The molecule has 4 rings (SSSR count). The third-order valence-electron chi connectivity index (χ3n) is 4.37. The largest absolute Gasteiger partial charge is 0.495 e. The maximum absolute atomic E-state index is 12.4. The SMILES string of the molecule is COc1cc(Cl)ccc1NC(=O)Cc1ccc(-c2ccn3ncnc3c2)cc1. The molecule has 6 nitrogen and oxygen atoms in total. The van der Waals surface area contributed by atoms with Crippen molar-refractivity contribution in [2.75, 3.05) is 12.4 Å².